The zero-order valence-electron chi connectivity index (χ0n) is 10.5. The predicted molar refractivity (Wildman–Crippen MR) is 70.2 cm³/mol. The molecule has 0 heterocycles. The van der Waals surface area contributed by atoms with Crippen LogP contribution in [-0.2, 0) is 4.74 Å². The zero-order chi connectivity index (χ0) is 11.7. The molecule has 2 atom stereocenters. The molecule has 0 amide bonds. The van der Waals surface area contributed by atoms with Crippen LogP contribution in [0.3, 0.4) is 0 Å². The van der Waals surface area contributed by atoms with Crippen molar-refractivity contribution in [1.29, 1.82) is 0 Å². The average molecular weight is 231 g/mol. The lowest BCUT2D eigenvalue weighted by molar-refractivity contribution is -0.157. The maximum atomic E-state index is 5.86. The van der Waals surface area contributed by atoms with Gasteiger partial charge in [0.25, 0.3) is 0 Å². The maximum Gasteiger partial charge on any atom is 0.0670 e. The monoisotopic (exact) mass is 231 g/mol. The van der Waals surface area contributed by atoms with Crippen LogP contribution in [0, 0.1) is 5.41 Å². The lowest BCUT2D eigenvalue weighted by Gasteiger charge is -2.61. The summed E-state index contributed by atoms with van der Waals surface area (Å²) >= 11 is 0. The van der Waals surface area contributed by atoms with Crippen LogP contribution < -0.4 is 5.32 Å². The van der Waals surface area contributed by atoms with Gasteiger partial charge in [-0.15, -0.1) is 0 Å². The number of ether oxygens (including phenoxy) is 1. The van der Waals surface area contributed by atoms with Crippen molar-refractivity contribution in [3.05, 3.63) is 30.3 Å². The molecule has 0 radical (unpaired) electrons. The second-order valence-electron chi connectivity index (χ2n) is 5.33. The number of para-hydroxylation sites is 1. The van der Waals surface area contributed by atoms with E-state index in [9.17, 15) is 0 Å². The van der Waals surface area contributed by atoms with Gasteiger partial charge < -0.3 is 10.1 Å². The standard InChI is InChI=1S/C15H21NO/c1-2-17-14-11-13(15(14)9-6-10-15)16-12-7-4-3-5-8-12/h3-5,7-8,13-14,16H,2,6,9-11H2,1H3. The molecule has 2 aliphatic carbocycles. The summed E-state index contributed by atoms with van der Waals surface area (Å²) in [6, 6.07) is 11.2. The summed E-state index contributed by atoms with van der Waals surface area (Å²) in [6.45, 7) is 2.95. The van der Waals surface area contributed by atoms with Crippen LogP contribution >= 0.6 is 0 Å². The number of hydrogen-bond acceptors (Lipinski definition) is 2. The molecule has 1 aromatic carbocycles. The van der Waals surface area contributed by atoms with E-state index in [1.807, 2.05) is 0 Å². The van der Waals surface area contributed by atoms with Crippen molar-refractivity contribution in [3.8, 4) is 0 Å². The molecule has 3 rings (SSSR count). The second kappa shape index (κ2) is 4.34. The molecule has 2 fully saturated rings. The normalized spacial score (nSPS) is 29.5. The smallest absolute Gasteiger partial charge is 0.0670 e. The van der Waals surface area contributed by atoms with Crippen molar-refractivity contribution in [2.75, 3.05) is 11.9 Å². The van der Waals surface area contributed by atoms with Gasteiger partial charge in [0.05, 0.1) is 6.10 Å². The Hall–Kier alpha value is -1.02. The molecule has 1 aromatic rings. The number of rotatable bonds is 4. The molecule has 92 valence electrons. The first-order valence-corrected chi connectivity index (χ1v) is 6.78. The van der Waals surface area contributed by atoms with Crippen molar-refractivity contribution in [1.82, 2.24) is 0 Å². The van der Waals surface area contributed by atoms with Gasteiger partial charge in [-0.2, -0.15) is 0 Å². The minimum Gasteiger partial charge on any atom is -0.382 e. The van der Waals surface area contributed by atoms with Gasteiger partial charge >= 0.3 is 0 Å². The van der Waals surface area contributed by atoms with Gasteiger partial charge in [-0.1, -0.05) is 24.6 Å². The summed E-state index contributed by atoms with van der Waals surface area (Å²) in [5.41, 5.74) is 1.70. The van der Waals surface area contributed by atoms with Gasteiger partial charge in [0.15, 0.2) is 0 Å². The molecule has 2 saturated carbocycles. The molecule has 2 unspecified atom stereocenters. The summed E-state index contributed by atoms with van der Waals surface area (Å²) in [7, 11) is 0. The highest BCUT2D eigenvalue weighted by Gasteiger charge is 2.58. The van der Waals surface area contributed by atoms with Crippen LogP contribution in [0.4, 0.5) is 5.69 Å². The predicted octanol–water partition coefficient (Wildman–Crippen LogP) is 3.45. The van der Waals surface area contributed by atoms with E-state index in [4.69, 9.17) is 4.74 Å². The Morgan fingerprint density at radius 2 is 2.06 bits per heavy atom. The largest absolute Gasteiger partial charge is 0.382 e. The quantitative estimate of drug-likeness (QED) is 0.857. The van der Waals surface area contributed by atoms with E-state index in [2.05, 4.69) is 42.6 Å². The molecule has 1 spiro atoms. The lowest BCUT2D eigenvalue weighted by atomic mass is 9.51. The first-order chi connectivity index (χ1) is 8.35. The molecular weight excluding hydrogens is 210 g/mol. The molecule has 2 nitrogen and oxygen atoms in total. The van der Waals surface area contributed by atoms with E-state index in [1.54, 1.807) is 0 Å². The van der Waals surface area contributed by atoms with Crippen molar-refractivity contribution < 1.29 is 4.74 Å². The van der Waals surface area contributed by atoms with Gasteiger partial charge in [-0.05, 0) is 38.3 Å². The van der Waals surface area contributed by atoms with Crippen LogP contribution in [0.5, 0.6) is 0 Å². The summed E-state index contributed by atoms with van der Waals surface area (Å²) in [4.78, 5) is 0. The van der Waals surface area contributed by atoms with Gasteiger partial charge in [-0.3, -0.25) is 0 Å². The Kier molecular flexibility index (Phi) is 2.83. The average Bonchev–Trinajstić information content (AvgIpc) is 2.27. The maximum absolute atomic E-state index is 5.86. The first-order valence-electron chi connectivity index (χ1n) is 6.78. The fourth-order valence-electron chi connectivity index (χ4n) is 3.38. The zero-order valence-corrected chi connectivity index (χ0v) is 10.5. The Bertz CT molecular complexity index is 372. The third-order valence-corrected chi connectivity index (χ3v) is 4.55. The molecule has 0 aliphatic heterocycles. The van der Waals surface area contributed by atoms with E-state index in [0.717, 1.165) is 6.61 Å². The van der Waals surface area contributed by atoms with Gasteiger partial charge in [-0.25, -0.2) is 0 Å². The highest BCUT2D eigenvalue weighted by molar-refractivity contribution is 5.45. The fourth-order valence-corrected chi connectivity index (χ4v) is 3.38. The summed E-state index contributed by atoms with van der Waals surface area (Å²) in [5.74, 6) is 0. The third-order valence-electron chi connectivity index (χ3n) is 4.55. The van der Waals surface area contributed by atoms with E-state index in [-0.39, 0.29) is 0 Å². The lowest BCUT2D eigenvalue weighted by Crippen LogP contribution is -2.64. The van der Waals surface area contributed by atoms with Gasteiger partial charge in [0.2, 0.25) is 0 Å². The molecule has 17 heavy (non-hydrogen) atoms. The number of nitrogens with one attached hydrogen (secondary N) is 1. The highest BCUT2D eigenvalue weighted by atomic mass is 16.5. The Balaban J connectivity index is 1.66. The van der Waals surface area contributed by atoms with E-state index < -0.39 is 0 Å². The summed E-state index contributed by atoms with van der Waals surface area (Å²) < 4.78 is 5.86. The van der Waals surface area contributed by atoms with E-state index in [1.165, 1.54) is 31.4 Å². The minimum absolute atomic E-state index is 0.450. The Morgan fingerprint density at radius 1 is 1.29 bits per heavy atom. The molecule has 0 saturated heterocycles. The SMILES string of the molecule is CCOC1CC(Nc2ccccc2)C12CCC2. The Labute approximate surface area is 103 Å². The van der Waals surface area contributed by atoms with E-state index >= 15 is 0 Å². The molecule has 1 N–H and O–H groups in total. The number of anilines is 1. The molecule has 2 aliphatic rings. The van der Waals surface area contributed by atoms with Crippen molar-refractivity contribution in [3.63, 3.8) is 0 Å². The highest BCUT2D eigenvalue weighted by Crippen LogP contribution is 2.58. The summed E-state index contributed by atoms with van der Waals surface area (Å²) in [6.07, 6.45) is 5.71. The number of benzene rings is 1. The Morgan fingerprint density at radius 3 is 2.65 bits per heavy atom. The molecule has 0 bridgehead atoms. The van der Waals surface area contributed by atoms with Crippen LogP contribution in [-0.4, -0.2) is 18.8 Å². The second-order valence-corrected chi connectivity index (χ2v) is 5.33. The van der Waals surface area contributed by atoms with Crippen molar-refractivity contribution in [2.24, 2.45) is 5.41 Å². The molecule has 0 aromatic heterocycles. The van der Waals surface area contributed by atoms with Crippen LogP contribution in [0.15, 0.2) is 30.3 Å². The topological polar surface area (TPSA) is 21.3 Å². The van der Waals surface area contributed by atoms with Crippen molar-refractivity contribution >= 4 is 5.69 Å². The number of hydrogen-bond donors (Lipinski definition) is 1. The summed E-state index contributed by atoms with van der Waals surface area (Å²) in [5, 5.41) is 3.68. The van der Waals surface area contributed by atoms with Crippen LogP contribution in [0.2, 0.25) is 0 Å². The van der Waals surface area contributed by atoms with Crippen LogP contribution in [0.25, 0.3) is 0 Å². The minimum atomic E-state index is 0.450. The fraction of sp³-hybridized carbons (Fsp3) is 0.600. The molecule has 2 heteroatoms. The molecular formula is C15H21NO. The van der Waals surface area contributed by atoms with Gasteiger partial charge in [0.1, 0.15) is 0 Å². The third kappa shape index (κ3) is 1.75. The first kappa shape index (κ1) is 11.1. The van der Waals surface area contributed by atoms with E-state index in [0.29, 0.717) is 17.6 Å². The van der Waals surface area contributed by atoms with Crippen molar-refractivity contribution in [2.45, 2.75) is 44.8 Å². The van der Waals surface area contributed by atoms with Crippen LogP contribution in [0.1, 0.15) is 32.6 Å². The van der Waals surface area contributed by atoms with Gasteiger partial charge in [0, 0.05) is 23.8 Å².